The van der Waals surface area contributed by atoms with Gasteiger partial charge < -0.3 is 19.2 Å². The zero-order valence-corrected chi connectivity index (χ0v) is 18.7. The molecule has 1 aliphatic rings. The molecule has 0 aliphatic carbocycles. The van der Waals surface area contributed by atoms with Crippen LogP contribution in [0.15, 0.2) is 45.9 Å². The molecule has 5 rings (SSSR count). The quantitative estimate of drug-likeness (QED) is 0.343. The maximum Gasteiger partial charge on any atom is 0.419 e. The van der Waals surface area contributed by atoms with Crippen LogP contribution in [0.3, 0.4) is 0 Å². The van der Waals surface area contributed by atoms with Crippen molar-refractivity contribution in [3.63, 3.8) is 0 Å². The van der Waals surface area contributed by atoms with Crippen molar-refractivity contribution in [1.82, 2.24) is 19.7 Å². The summed E-state index contributed by atoms with van der Waals surface area (Å²) in [4.78, 5) is 23.6. The van der Waals surface area contributed by atoms with Crippen LogP contribution in [0.2, 0.25) is 0 Å². The number of benzene rings is 2. The lowest BCUT2D eigenvalue weighted by molar-refractivity contribution is 0.0535. The molecule has 33 heavy (non-hydrogen) atoms. The van der Waals surface area contributed by atoms with Crippen molar-refractivity contribution in [1.29, 1.82) is 0 Å². The standard InChI is InChI=1S/C24H24N4O5/c1-14-16(4-5-18-19(14)13-32-23(18)29)6-7-25-10-15-11-26-28(12-15)17-8-20-22(21(9-17)31-3)33-24(30)27(20)2/h4-5,8-9,11-12,25H,6-7,10,13H2,1-3H3. The predicted octanol–water partition coefficient (Wildman–Crippen LogP) is 2.64. The summed E-state index contributed by atoms with van der Waals surface area (Å²) in [6.45, 7) is 3.86. The molecule has 0 saturated carbocycles. The molecule has 0 saturated heterocycles. The summed E-state index contributed by atoms with van der Waals surface area (Å²) >= 11 is 0. The molecule has 9 heteroatoms. The van der Waals surface area contributed by atoms with Crippen LogP contribution in [-0.2, 0) is 31.4 Å². The fraction of sp³-hybridized carbons (Fsp3) is 0.292. The van der Waals surface area contributed by atoms with Crippen molar-refractivity contribution in [3.05, 3.63) is 75.0 Å². The van der Waals surface area contributed by atoms with Gasteiger partial charge in [-0.1, -0.05) is 6.07 Å². The highest BCUT2D eigenvalue weighted by Gasteiger charge is 2.23. The van der Waals surface area contributed by atoms with Crippen LogP contribution < -0.4 is 15.8 Å². The van der Waals surface area contributed by atoms with Crippen LogP contribution in [0, 0.1) is 6.92 Å². The Kier molecular flexibility index (Phi) is 5.26. The normalized spacial score (nSPS) is 12.9. The van der Waals surface area contributed by atoms with Gasteiger partial charge in [0.05, 0.1) is 30.1 Å². The Morgan fingerprint density at radius 2 is 2.09 bits per heavy atom. The molecule has 0 spiro atoms. The van der Waals surface area contributed by atoms with E-state index in [1.807, 2.05) is 37.5 Å². The maximum atomic E-state index is 11.9. The number of hydrogen-bond donors (Lipinski definition) is 1. The van der Waals surface area contributed by atoms with E-state index in [1.54, 1.807) is 17.8 Å². The van der Waals surface area contributed by atoms with Gasteiger partial charge in [-0.2, -0.15) is 5.10 Å². The van der Waals surface area contributed by atoms with Gasteiger partial charge in [-0.15, -0.1) is 0 Å². The number of esters is 1. The SMILES string of the molecule is COc1cc(-n2cc(CNCCc3ccc4c(c3C)COC4=O)cn2)cc2c1oc(=O)n2C. The van der Waals surface area contributed by atoms with Crippen LogP contribution >= 0.6 is 0 Å². The van der Waals surface area contributed by atoms with Gasteiger partial charge in [0, 0.05) is 37.0 Å². The fourth-order valence-corrected chi connectivity index (χ4v) is 4.18. The highest BCUT2D eigenvalue weighted by atomic mass is 16.5. The third kappa shape index (κ3) is 3.70. The lowest BCUT2D eigenvalue weighted by Crippen LogP contribution is -2.17. The third-order valence-corrected chi connectivity index (χ3v) is 6.14. The lowest BCUT2D eigenvalue weighted by atomic mass is 9.97. The van der Waals surface area contributed by atoms with E-state index in [0.29, 0.717) is 35.6 Å². The molecular weight excluding hydrogens is 424 g/mol. The number of fused-ring (bicyclic) bond motifs is 2. The predicted molar refractivity (Wildman–Crippen MR) is 121 cm³/mol. The summed E-state index contributed by atoms with van der Waals surface area (Å²) in [5.41, 5.74) is 6.88. The van der Waals surface area contributed by atoms with Gasteiger partial charge in [0.15, 0.2) is 11.3 Å². The van der Waals surface area contributed by atoms with Gasteiger partial charge in [0.25, 0.3) is 0 Å². The van der Waals surface area contributed by atoms with E-state index in [2.05, 4.69) is 10.4 Å². The first kappa shape index (κ1) is 21.0. The first-order valence-corrected chi connectivity index (χ1v) is 10.7. The summed E-state index contributed by atoms with van der Waals surface area (Å²) in [7, 11) is 3.20. The second kappa shape index (κ2) is 8.25. The summed E-state index contributed by atoms with van der Waals surface area (Å²) in [5, 5.41) is 7.91. The topological polar surface area (TPSA) is 101 Å². The Bertz CT molecular complexity index is 1430. The molecule has 1 aliphatic heterocycles. The summed E-state index contributed by atoms with van der Waals surface area (Å²) in [6, 6.07) is 7.50. The molecular formula is C24H24N4O5. The van der Waals surface area contributed by atoms with E-state index in [4.69, 9.17) is 13.9 Å². The fourth-order valence-electron chi connectivity index (χ4n) is 4.18. The first-order valence-electron chi connectivity index (χ1n) is 10.7. The Labute approximate surface area is 189 Å². The zero-order chi connectivity index (χ0) is 23.1. The molecule has 1 N–H and O–H groups in total. The summed E-state index contributed by atoms with van der Waals surface area (Å²) < 4.78 is 19.0. The largest absolute Gasteiger partial charge is 0.493 e. The minimum Gasteiger partial charge on any atom is -0.493 e. The van der Waals surface area contributed by atoms with Crippen molar-refractivity contribution < 1.29 is 18.7 Å². The van der Waals surface area contributed by atoms with Crippen molar-refractivity contribution in [2.24, 2.45) is 7.05 Å². The van der Waals surface area contributed by atoms with Crippen molar-refractivity contribution in [3.8, 4) is 11.4 Å². The molecule has 4 aromatic rings. The summed E-state index contributed by atoms with van der Waals surface area (Å²) in [6.07, 6.45) is 4.60. The molecule has 9 nitrogen and oxygen atoms in total. The van der Waals surface area contributed by atoms with Gasteiger partial charge in [-0.05, 0) is 43.1 Å². The van der Waals surface area contributed by atoms with Crippen molar-refractivity contribution in [2.75, 3.05) is 13.7 Å². The smallest absolute Gasteiger partial charge is 0.419 e. The number of oxazole rings is 1. The van der Waals surface area contributed by atoms with Crippen LogP contribution in [0.4, 0.5) is 0 Å². The molecule has 0 unspecified atom stereocenters. The molecule has 0 amide bonds. The molecule has 0 fully saturated rings. The van der Waals surface area contributed by atoms with E-state index in [9.17, 15) is 9.59 Å². The third-order valence-electron chi connectivity index (χ3n) is 6.14. The molecule has 3 heterocycles. The summed E-state index contributed by atoms with van der Waals surface area (Å²) in [5.74, 6) is -0.197. The van der Waals surface area contributed by atoms with E-state index < -0.39 is 5.76 Å². The highest BCUT2D eigenvalue weighted by Crippen LogP contribution is 2.28. The average molecular weight is 448 g/mol. The van der Waals surface area contributed by atoms with Crippen LogP contribution in [-0.4, -0.2) is 34.0 Å². The Morgan fingerprint density at radius 1 is 1.24 bits per heavy atom. The van der Waals surface area contributed by atoms with Crippen molar-refractivity contribution in [2.45, 2.75) is 26.5 Å². The number of carbonyl (C=O) groups is 1. The van der Waals surface area contributed by atoms with Gasteiger partial charge in [-0.3, -0.25) is 4.57 Å². The molecule has 170 valence electrons. The van der Waals surface area contributed by atoms with Gasteiger partial charge in [0.2, 0.25) is 0 Å². The van der Waals surface area contributed by atoms with Gasteiger partial charge >= 0.3 is 11.7 Å². The molecule has 0 radical (unpaired) electrons. The minimum atomic E-state index is -0.441. The second-order valence-corrected chi connectivity index (χ2v) is 8.10. The average Bonchev–Trinajstić information content (AvgIpc) is 3.51. The zero-order valence-electron chi connectivity index (χ0n) is 18.7. The number of aromatic nitrogens is 3. The van der Waals surface area contributed by atoms with Gasteiger partial charge in [0.1, 0.15) is 6.61 Å². The van der Waals surface area contributed by atoms with E-state index in [-0.39, 0.29) is 5.97 Å². The number of nitrogens with zero attached hydrogens (tertiary/aromatic N) is 3. The number of rotatable bonds is 7. The Balaban J connectivity index is 1.26. The maximum absolute atomic E-state index is 11.9. The molecule has 0 atom stereocenters. The molecule has 2 aromatic heterocycles. The number of ether oxygens (including phenoxy) is 2. The Hall–Kier alpha value is -3.85. The number of aryl methyl sites for hydroxylation is 1. The number of hydrogen-bond acceptors (Lipinski definition) is 7. The number of nitrogens with one attached hydrogen (secondary N) is 1. The van der Waals surface area contributed by atoms with E-state index >= 15 is 0 Å². The monoisotopic (exact) mass is 448 g/mol. The Morgan fingerprint density at radius 3 is 2.91 bits per heavy atom. The molecule has 0 bridgehead atoms. The van der Waals surface area contributed by atoms with Gasteiger partial charge in [-0.25, -0.2) is 14.3 Å². The minimum absolute atomic E-state index is 0.235. The number of methoxy groups -OCH3 is 1. The number of cyclic esters (lactones) is 1. The molecule has 2 aromatic carbocycles. The first-order chi connectivity index (χ1) is 16.0. The number of carbonyl (C=O) groups excluding carboxylic acids is 1. The highest BCUT2D eigenvalue weighted by molar-refractivity contribution is 5.93. The van der Waals surface area contributed by atoms with Crippen LogP contribution in [0.1, 0.15) is 32.6 Å². The van der Waals surface area contributed by atoms with E-state index in [1.165, 1.54) is 17.2 Å². The van der Waals surface area contributed by atoms with Crippen molar-refractivity contribution >= 4 is 17.1 Å². The van der Waals surface area contributed by atoms with Crippen LogP contribution in [0.25, 0.3) is 16.8 Å². The lowest BCUT2D eigenvalue weighted by Gasteiger charge is -2.09. The van der Waals surface area contributed by atoms with E-state index in [0.717, 1.165) is 35.3 Å². The van der Waals surface area contributed by atoms with Crippen LogP contribution in [0.5, 0.6) is 5.75 Å². The second-order valence-electron chi connectivity index (χ2n) is 8.10.